The standard InChI is InChI=1S/C36H51O3P/c1-4-7-10-13-22-31-25-16-19-28-34(31)37-40(38-35-29-20-17-26-32(35)23-14-11-8-5-2)39-36-30-21-18-27-33(36)24-15-12-9-6-3/h16-21,25-30H,4-15,22-24H2,1-3H3. The maximum absolute atomic E-state index is 6.63. The fourth-order valence-corrected chi connectivity index (χ4v) is 6.05. The maximum atomic E-state index is 6.63. The van der Waals surface area contributed by atoms with Crippen LogP contribution in [-0.2, 0) is 19.3 Å². The molecule has 0 fully saturated rings. The molecule has 0 N–H and O–H groups in total. The van der Waals surface area contributed by atoms with E-state index in [9.17, 15) is 0 Å². The zero-order chi connectivity index (χ0) is 28.3. The van der Waals surface area contributed by atoms with Crippen molar-refractivity contribution in [1.29, 1.82) is 0 Å². The van der Waals surface area contributed by atoms with Crippen molar-refractivity contribution in [2.75, 3.05) is 0 Å². The Bertz CT molecular complexity index is 946. The van der Waals surface area contributed by atoms with Crippen molar-refractivity contribution < 1.29 is 13.6 Å². The molecule has 3 nitrogen and oxygen atoms in total. The monoisotopic (exact) mass is 562 g/mol. The third-order valence-electron chi connectivity index (χ3n) is 7.34. The minimum atomic E-state index is -1.70. The van der Waals surface area contributed by atoms with E-state index in [1.54, 1.807) is 0 Å². The Morgan fingerprint density at radius 1 is 0.400 bits per heavy atom. The maximum Gasteiger partial charge on any atom is 0.530 e. The molecule has 0 amide bonds. The fourth-order valence-electron chi connectivity index (χ4n) is 4.92. The first kappa shape index (κ1) is 32.0. The molecule has 0 heterocycles. The predicted molar refractivity (Wildman–Crippen MR) is 172 cm³/mol. The molecule has 4 heteroatoms. The van der Waals surface area contributed by atoms with E-state index in [-0.39, 0.29) is 0 Å². The minimum absolute atomic E-state index is 0.867. The van der Waals surface area contributed by atoms with E-state index in [4.69, 9.17) is 13.6 Å². The highest BCUT2D eigenvalue weighted by Crippen LogP contribution is 2.45. The van der Waals surface area contributed by atoms with Gasteiger partial charge in [-0.2, -0.15) is 0 Å². The van der Waals surface area contributed by atoms with Gasteiger partial charge in [-0.25, -0.2) is 0 Å². The molecule has 3 rings (SSSR count). The van der Waals surface area contributed by atoms with Gasteiger partial charge in [0.2, 0.25) is 0 Å². The van der Waals surface area contributed by atoms with Crippen LogP contribution in [0.5, 0.6) is 17.2 Å². The Morgan fingerprint density at radius 3 is 1.00 bits per heavy atom. The Kier molecular flexibility index (Phi) is 15.6. The molecule has 3 aromatic rings. The van der Waals surface area contributed by atoms with E-state index in [0.717, 1.165) is 55.8 Å². The lowest BCUT2D eigenvalue weighted by Crippen LogP contribution is -2.06. The molecule has 0 aromatic heterocycles. The summed E-state index contributed by atoms with van der Waals surface area (Å²) in [6.07, 6.45) is 17.7. The Morgan fingerprint density at radius 2 is 0.700 bits per heavy atom. The molecule has 0 spiro atoms. The van der Waals surface area contributed by atoms with Gasteiger partial charge >= 0.3 is 8.60 Å². The number of para-hydroxylation sites is 3. The summed E-state index contributed by atoms with van der Waals surface area (Å²) in [7, 11) is -1.70. The van der Waals surface area contributed by atoms with Crippen molar-refractivity contribution in [2.45, 2.75) is 117 Å². The number of benzene rings is 3. The third-order valence-corrected chi connectivity index (χ3v) is 8.37. The molecule has 0 aliphatic heterocycles. The molecule has 0 radical (unpaired) electrons. The minimum Gasteiger partial charge on any atom is -0.408 e. The van der Waals surface area contributed by atoms with Gasteiger partial charge in [-0.3, -0.25) is 0 Å². The van der Waals surface area contributed by atoms with Crippen molar-refractivity contribution in [2.24, 2.45) is 0 Å². The normalized spacial score (nSPS) is 11.1. The van der Waals surface area contributed by atoms with Crippen LogP contribution in [0.4, 0.5) is 0 Å². The second-order valence-corrected chi connectivity index (χ2v) is 11.7. The van der Waals surface area contributed by atoms with Gasteiger partial charge in [0.1, 0.15) is 17.2 Å². The van der Waals surface area contributed by atoms with Gasteiger partial charge in [0.05, 0.1) is 0 Å². The summed E-state index contributed by atoms with van der Waals surface area (Å²) in [5, 5.41) is 0. The number of hydrogen-bond donors (Lipinski definition) is 0. The van der Waals surface area contributed by atoms with Crippen molar-refractivity contribution >= 4 is 8.60 Å². The van der Waals surface area contributed by atoms with Crippen molar-refractivity contribution in [3.8, 4) is 17.2 Å². The van der Waals surface area contributed by atoms with Gasteiger partial charge in [-0.05, 0) is 73.4 Å². The van der Waals surface area contributed by atoms with Crippen LogP contribution < -0.4 is 13.6 Å². The summed E-state index contributed by atoms with van der Waals surface area (Å²) >= 11 is 0. The fraction of sp³-hybridized carbons (Fsp3) is 0.500. The van der Waals surface area contributed by atoms with Crippen LogP contribution in [0, 0.1) is 0 Å². The number of unbranched alkanes of at least 4 members (excludes halogenated alkanes) is 9. The number of hydrogen-bond acceptors (Lipinski definition) is 3. The first-order valence-corrected chi connectivity index (χ1v) is 16.9. The molecule has 0 saturated heterocycles. The van der Waals surface area contributed by atoms with Gasteiger partial charge in [0.15, 0.2) is 0 Å². The molecule has 3 aromatic carbocycles. The Hall–Kier alpha value is -2.51. The summed E-state index contributed by atoms with van der Waals surface area (Å²) < 4.78 is 19.9. The third kappa shape index (κ3) is 11.5. The largest absolute Gasteiger partial charge is 0.530 e. The summed E-state index contributed by atoms with van der Waals surface area (Å²) in [5.74, 6) is 2.60. The molecule has 0 saturated carbocycles. The molecular weight excluding hydrogens is 511 g/mol. The first-order chi connectivity index (χ1) is 19.7. The summed E-state index contributed by atoms with van der Waals surface area (Å²) in [6.45, 7) is 6.76. The molecule has 0 atom stereocenters. The van der Waals surface area contributed by atoms with E-state index in [0.29, 0.717) is 0 Å². The average Bonchev–Trinajstić information content (AvgIpc) is 2.98. The summed E-state index contributed by atoms with van der Waals surface area (Å²) in [5.41, 5.74) is 3.66. The van der Waals surface area contributed by atoms with Crippen molar-refractivity contribution in [3.05, 3.63) is 89.5 Å². The number of aryl methyl sites for hydroxylation is 3. The molecule has 40 heavy (non-hydrogen) atoms. The summed E-state index contributed by atoms with van der Waals surface area (Å²) in [6, 6.07) is 25.1. The van der Waals surface area contributed by atoms with E-state index >= 15 is 0 Å². The highest BCUT2D eigenvalue weighted by atomic mass is 31.2. The smallest absolute Gasteiger partial charge is 0.408 e. The van der Waals surface area contributed by atoms with Crippen molar-refractivity contribution in [1.82, 2.24) is 0 Å². The molecule has 0 aliphatic rings. The van der Waals surface area contributed by atoms with E-state index < -0.39 is 8.60 Å². The van der Waals surface area contributed by atoms with Gasteiger partial charge in [-0.1, -0.05) is 133 Å². The van der Waals surface area contributed by atoms with Crippen LogP contribution >= 0.6 is 8.60 Å². The molecular formula is C36H51O3P. The molecule has 0 bridgehead atoms. The lowest BCUT2D eigenvalue weighted by atomic mass is 10.1. The second kappa shape index (κ2) is 19.5. The second-order valence-electron chi connectivity index (χ2n) is 10.8. The SMILES string of the molecule is CCCCCCc1ccccc1OP(Oc1ccccc1CCCCCC)Oc1ccccc1CCCCCC. The van der Waals surface area contributed by atoms with Gasteiger partial charge < -0.3 is 13.6 Å². The highest BCUT2D eigenvalue weighted by molar-refractivity contribution is 7.43. The van der Waals surface area contributed by atoms with Crippen LogP contribution in [0.3, 0.4) is 0 Å². The number of rotatable bonds is 21. The zero-order valence-corrected chi connectivity index (χ0v) is 26.1. The van der Waals surface area contributed by atoms with Gasteiger partial charge in [-0.15, -0.1) is 0 Å². The molecule has 0 aliphatic carbocycles. The molecule has 218 valence electrons. The van der Waals surface area contributed by atoms with Crippen LogP contribution in [0.15, 0.2) is 72.8 Å². The van der Waals surface area contributed by atoms with Gasteiger partial charge in [0, 0.05) is 0 Å². The van der Waals surface area contributed by atoms with Crippen LogP contribution in [0.1, 0.15) is 115 Å². The zero-order valence-electron chi connectivity index (χ0n) is 25.2. The molecule has 0 unspecified atom stereocenters. The Balaban J connectivity index is 1.82. The first-order valence-electron chi connectivity index (χ1n) is 15.8. The van der Waals surface area contributed by atoms with E-state index in [1.807, 2.05) is 18.2 Å². The predicted octanol–water partition coefficient (Wildman–Crippen LogP) is 11.8. The van der Waals surface area contributed by atoms with Crippen LogP contribution in [0.2, 0.25) is 0 Å². The average molecular weight is 563 g/mol. The van der Waals surface area contributed by atoms with E-state index in [2.05, 4.69) is 75.4 Å². The lowest BCUT2D eigenvalue weighted by molar-refractivity contribution is 0.382. The quantitative estimate of drug-likeness (QED) is 0.0954. The Labute approximate surface area is 245 Å². The lowest BCUT2D eigenvalue weighted by Gasteiger charge is -2.22. The highest BCUT2D eigenvalue weighted by Gasteiger charge is 2.23. The van der Waals surface area contributed by atoms with E-state index in [1.165, 1.54) is 74.5 Å². The van der Waals surface area contributed by atoms with Crippen LogP contribution in [0.25, 0.3) is 0 Å². The van der Waals surface area contributed by atoms with Crippen molar-refractivity contribution in [3.63, 3.8) is 0 Å². The summed E-state index contributed by atoms with van der Waals surface area (Å²) in [4.78, 5) is 0. The van der Waals surface area contributed by atoms with Gasteiger partial charge in [0.25, 0.3) is 0 Å². The van der Waals surface area contributed by atoms with Crippen LogP contribution in [-0.4, -0.2) is 0 Å². The topological polar surface area (TPSA) is 27.7 Å².